The van der Waals surface area contributed by atoms with Gasteiger partial charge in [0.2, 0.25) is 0 Å². The Kier molecular flexibility index (Phi) is 4.99. The minimum atomic E-state index is -2.91. The van der Waals surface area contributed by atoms with Gasteiger partial charge < -0.3 is 4.57 Å². The number of thioether (sulfide) groups is 1. The van der Waals surface area contributed by atoms with Crippen molar-refractivity contribution in [1.29, 1.82) is 0 Å². The molecule has 1 aliphatic rings. The van der Waals surface area contributed by atoms with Crippen molar-refractivity contribution in [3.63, 3.8) is 0 Å². The first-order valence-electron chi connectivity index (χ1n) is 8.48. The van der Waals surface area contributed by atoms with Gasteiger partial charge in [-0.2, -0.15) is 0 Å². The van der Waals surface area contributed by atoms with Crippen molar-refractivity contribution in [3.8, 4) is 0 Å². The van der Waals surface area contributed by atoms with Gasteiger partial charge in [0.15, 0.2) is 15.0 Å². The quantitative estimate of drug-likeness (QED) is 0.763. The fourth-order valence-corrected chi connectivity index (χ4v) is 5.67. The highest BCUT2D eigenvalue weighted by Gasteiger charge is 2.32. The van der Waals surface area contributed by atoms with E-state index >= 15 is 0 Å². The predicted octanol–water partition coefficient (Wildman–Crippen LogP) is 3.31. The highest BCUT2D eigenvalue weighted by molar-refractivity contribution is 7.98. The summed E-state index contributed by atoms with van der Waals surface area (Å²) in [5.41, 5.74) is 2.72. The minimum Gasteiger partial charge on any atom is -0.309 e. The second kappa shape index (κ2) is 6.76. The van der Waals surface area contributed by atoms with Crippen LogP contribution in [0, 0.1) is 0 Å². The molecule has 3 rings (SSSR count). The lowest BCUT2D eigenvalue weighted by Crippen LogP contribution is -2.10. The molecule has 7 heteroatoms. The first-order chi connectivity index (χ1) is 11.7. The highest BCUT2D eigenvalue weighted by atomic mass is 32.2. The number of sulfone groups is 1. The summed E-state index contributed by atoms with van der Waals surface area (Å²) in [7, 11) is -0.989. The second-order valence-electron chi connectivity index (χ2n) is 7.74. The summed E-state index contributed by atoms with van der Waals surface area (Å²) in [6.07, 6.45) is 0.646. The van der Waals surface area contributed by atoms with E-state index in [9.17, 15) is 8.42 Å². The molecule has 1 fully saturated rings. The van der Waals surface area contributed by atoms with Gasteiger partial charge in [0.05, 0.1) is 11.5 Å². The molecule has 5 nitrogen and oxygen atoms in total. The molecule has 0 saturated carbocycles. The van der Waals surface area contributed by atoms with E-state index in [1.807, 2.05) is 11.6 Å². The van der Waals surface area contributed by atoms with Crippen molar-refractivity contribution in [2.75, 3.05) is 11.5 Å². The topological polar surface area (TPSA) is 64.8 Å². The molecule has 0 spiro atoms. The van der Waals surface area contributed by atoms with E-state index in [0.29, 0.717) is 6.42 Å². The van der Waals surface area contributed by atoms with Gasteiger partial charge >= 0.3 is 0 Å². The average Bonchev–Trinajstić information content (AvgIpc) is 3.07. The molecule has 0 aliphatic carbocycles. The van der Waals surface area contributed by atoms with Crippen LogP contribution in [0.1, 0.15) is 50.1 Å². The third-order valence-electron chi connectivity index (χ3n) is 4.65. The van der Waals surface area contributed by atoms with Gasteiger partial charge in [-0.1, -0.05) is 56.8 Å². The Morgan fingerprint density at radius 2 is 1.88 bits per heavy atom. The van der Waals surface area contributed by atoms with Gasteiger partial charge in [-0.25, -0.2) is 8.42 Å². The number of nitrogens with zero attached hydrogens (tertiary/aromatic N) is 3. The summed E-state index contributed by atoms with van der Waals surface area (Å²) >= 11 is 1.63. The Bertz CT molecular complexity index is 849. The third-order valence-corrected chi connectivity index (χ3v) is 7.51. The van der Waals surface area contributed by atoms with Crippen LogP contribution in [0.5, 0.6) is 0 Å². The first-order valence-corrected chi connectivity index (χ1v) is 11.3. The SMILES string of the molecule is Cn1c(SCc2ccc(C(C)(C)C)cc2)nnc1C1CCS(=O)(=O)C1. The third kappa shape index (κ3) is 4.26. The number of hydrogen-bond donors (Lipinski definition) is 0. The molecule has 1 aliphatic heterocycles. The molecular weight excluding hydrogens is 354 g/mol. The number of rotatable bonds is 4. The monoisotopic (exact) mass is 379 g/mol. The van der Waals surface area contributed by atoms with E-state index in [4.69, 9.17) is 0 Å². The van der Waals surface area contributed by atoms with Gasteiger partial charge in [0, 0.05) is 18.7 Å². The molecule has 0 N–H and O–H groups in total. The molecule has 1 unspecified atom stereocenters. The van der Waals surface area contributed by atoms with Crippen LogP contribution in [0.25, 0.3) is 0 Å². The standard InChI is InChI=1S/C18H25N3O2S2/c1-18(2,3)15-7-5-13(6-8-15)11-24-17-20-19-16(21(17)4)14-9-10-25(22,23)12-14/h5-8,14H,9-12H2,1-4H3. The number of benzene rings is 1. The first kappa shape index (κ1) is 18.5. The molecule has 0 radical (unpaired) electrons. The summed E-state index contributed by atoms with van der Waals surface area (Å²) < 4.78 is 25.3. The number of aromatic nitrogens is 3. The molecule has 1 saturated heterocycles. The van der Waals surface area contributed by atoms with Crippen LogP contribution in [-0.2, 0) is 28.1 Å². The summed E-state index contributed by atoms with van der Waals surface area (Å²) in [5.74, 6) is 2.03. The van der Waals surface area contributed by atoms with Crippen LogP contribution < -0.4 is 0 Å². The maximum Gasteiger partial charge on any atom is 0.191 e. The fourth-order valence-electron chi connectivity index (χ4n) is 3.05. The van der Waals surface area contributed by atoms with E-state index in [1.54, 1.807) is 11.8 Å². The molecule has 2 heterocycles. The van der Waals surface area contributed by atoms with Crippen LogP contribution in [0.2, 0.25) is 0 Å². The lowest BCUT2D eigenvalue weighted by molar-refractivity contribution is 0.590. The molecule has 0 bridgehead atoms. The Morgan fingerprint density at radius 1 is 1.20 bits per heavy atom. The zero-order valence-corrected chi connectivity index (χ0v) is 16.8. The predicted molar refractivity (Wildman–Crippen MR) is 102 cm³/mol. The second-order valence-corrected chi connectivity index (χ2v) is 10.9. The van der Waals surface area contributed by atoms with Gasteiger partial charge in [-0.15, -0.1) is 10.2 Å². The summed E-state index contributed by atoms with van der Waals surface area (Å²) in [6, 6.07) is 8.69. The summed E-state index contributed by atoms with van der Waals surface area (Å²) in [6.45, 7) is 6.63. The van der Waals surface area contributed by atoms with Crippen LogP contribution in [0.15, 0.2) is 29.4 Å². The molecule has 2 aromatic rings. The Labute approximate surface area is 154 Å². The molecule has 136 valence electrons. The van der Waals surface area contributed by atoms with Gasteiger partial charge in [0.25, 0.3) is 0 Å². The summed E-state index contributed by atoms with van der Waals surface area (Å²) in [4.78, 5) is 0. The van der Waals surface area contributed by atoms with E-state index in [2.05, 4.69) is 55.2 Å². The molecule has 0 amide bonds. The summed E-state index contributed by atoms with van der Waals surface area (Å²) in [5, 5.41) is 9.34. The zero-order chi connectivity index (χ0) is 18.2. The molecular formula is C18H25N3O2S2. The largest absolute Gasteiger partial charge is 0.309 e. The van der Waals surface area contributed by atoms with Crippen molar-refractivity contribution < 1.29 is 8.42 Å². The van der Waals surface area contributed by atoms with E-state index < -0.39 is 9.84 Å². The highest BCUT2D eigenvalue weighted by Crippen LogP contribution is 2.30. The molecule has 1 atom stereocenters. The van der Waals surface area contributed by atoms with Crippen molar-refractivity contribution >= 4 is 21.6 Å². The average molecular weight is 380 g/mol. The van der Waals surface area contributed by atoms with Crippen molar-refractivity contribution in [3.05, 3.63) is 41.2 Å². The van der Waals surface area contributed by atoms with Crippen LogP contribution >= 0.6 is 11.8 Å². The molecule has 25 heavy (non-hydrogen) atoms. The normalized spacial score (nSPS) is 20.1. The lowest BCUT2D eigenvalue weighted by atomic mass is 9.87. The smallest absolute Gasteiger partial charge is 0.191 e. The van der Waals surface area contributed by atoms with E-state index in [1.165, 1.54) is 11.1 Å². The van der Waals surface area contributed by atoms with Gasteiger partial charge in [-0.05, 0) is 23.0 Å². The van der Waals surface area contributed by atoms with Crippen molar-refractivity contribution in [2.24, 2.45) is 7.05 Å². The Balaban J connectivity index is 1.66. The maximum absolute atomic E-state index is 11.7. The van der Waals surface area contributed by atoms with Crippen molar-refractivity contribution in [2.45, 2.75) is 49.4 Å². The van der Waals surface area contributed by atoms with E-state index in [0.717, 1.165) is 16.7 Å². The maximum atomic E-state index is 11.7. The van der Waals surface area contributed by atoms with Crippen molar-refractivity contribution in [1.82, 2.24) is 14.8 Å². The minimum absolute atomic E-state index is 0.0251. The van der Waals surface area contributed by atoms with E-state index in [-0.39, 0.29) is 22.8 Å². The molecule has 1 aromatic heterocycles. The lowest BCUT2D eigenvalue weighted by Gasteiger charge is -2.19. The fraction of sp³-hybridized carbons (Fsp3) is 0.556. The number of hydrogen-bond acceptors (Lipinski definition) is 5. The van der Waals surface area contributed by atoms with Gasteiger partial charge in [-0.3, -0.25) is 0 Å². The van der Waals surface area contributed by atoms with Crippen LogP contribution in [0.3, 0.4) is 0 Å². The Morgan fingerprint density at radius 3 is 2.44 bits per heavy atom. The zero-order valence-electron chi connectivity index (χ0n) is 15.2. The van der Waals surface area contributed by atoms with Crippen LogP contribution in [0.4, 0.5) is 0 Å². The Hall–Kier alpha value is -1.34. The van der Waals surface area contributed by atoms with Gasteiger partial charge in [0.1, 0.15) is 5.82 Å². The molecule has 1 aromatic carbocycles. The van der Waals surface area contributed by atoms with Crippen LogP contribution in [-0.4, -0.2) is 34.7 Å².